The van der Waals surface area contributed by atoms with Gasteiger partial charge in [0.05, 0.1) is 45.1 Å². The highest BCUT2D eigenvalue weighted by molar-refractivity contribution is 6.13. The Labute approximate surface area is 420 Å². The first-order valence-electron chi connectivity index (χ1n) is 24.1. The zero-order valence-electron chi connectivity index (χ0n) is 39.8. The fraction of sp³-hybridized carbons (Fsp3) is 0.0462. The topological polar surface area (TPSA) is 56.5 Å². The lowest BCUT2D eigenvalue weighted by atomic mass is 9.98. The van der Waals surface area contributed by atoms with Crippen molar-refractivity contribution in [2.75, 3.05) is 0 Å². The van der Waals surface area contributed by atoms with Crippen LogP contribution in [-0.2, 0) is 6.18 Å². The Morgan fingerprint density at radius 2 is 0.644 bits per heavy atom. The van der Waals surface area contributed by atoms with Crippen LogP contribution in [-0.4, -0.2) is 24.5 Å². The number of aryl methyl sites for hydroxylation is 2. The Morgan fingerprint density at radius 1 is 0.329 bits per heavy atom. The van der Waals surface area contributed by atoms with E-state index in [-0.39, 0.29) is 22.8 Å². The van der Waals surface area contributed by atoms with Crippen LogP contribution in [0, 0.1) is 13.8 Å². The first kappa shape index (κ1) is 44.9. The van der Waals surface area contributed by atoms with Crippen molar-refractivity contribution >= 4 is 21.8 Å². The molecule has 12 rings (SSSR count). The maximum Gasteiger partial charge on any atom is 0.416 e. The fourth-order valence-electron chi connectivity index (χ4n) is 9.66. The van der Waals surface area contributed by atoms with Crippen molar-refractivity contribution in [1.82, 2.24) is 24.5 Å². The van der Waals surface area contributed by atoms with Crippen LogP contribution < -0.4 is 0 Å². The van der Waals surface area contributed by atoms with Crippen LogP contribution in [0.3, 0.4) is 0 Å². The molecular formula is C65H44F3N5. The van der Waals surface area contributed by atoms with Gasteiger partial charge in [0.15, 0.2) is 11.6 Å². The zero-order chi connectivity index (χ0) is 49.6. The summed E-state index contributed by atoms with van der Waals surface area (Å²) in [5, 5.41) is 1.82. The van der Waals surface area contributed by atoms with E-state index in [2.05, 4.69) is 103 Å². The molecule has 3 aromatic heterocycles. The highest BCUT2D eigenvalue weighted by Gasteiger charge is 2.35. The van der Waals surface area contributed by atoms with Crippen molar-refractivity contribution < 1.29 is 13.2 Å². The van der Waals surface area contributed by atoms with Crippen LogP contribution in [0.25, 0.3) is 118 Å². The third kappa shape index (κ3) is 8.74. The summed E-state index contributed by atoms with van der Waals surface area (Å²) >= 11 is 0. The van der Waals surface area contributed by atoms with E-state index >= 15 is 13.2 Å². The van der Waals surface area contributed by atoms with Gasteiger partial charge in [0.25, 0.3) is 0 Å². The Hall–Kier alpha value is -9.27. The molecule has 0 aliphatic carbocycles. The molecule has 0 amide bonds. The van der Waals surface area contributed by atoms with Gasteiger partial charge in [-0.05, 0) is 84.6 Å². The van der Waals surface area contributed by atoms with Gasteiger partial charge in [-0.1, -0.05) is 193 Å². The lowest BCUT2D eigenvalue weighted by molar-refractivity contribution is -0.137. The van der Waals surface area contributed by atoms with Crippen molar-refractivity contribution in [3.05, 3.63) is 247 Å². The lowest BCUT2D eigenvalue weighted by Gasteiger charge is -2.21. The minimum Gasteiger partial charge on any atom is -0.308 e. The van der Waals surface area contributed by atoms with E-state index in [9.17, 15) is 0 Å². The monoisotopic (exact) mass is 951 g/mol. The van der Waals surface area contributed by atoms with E-state index in [4.69, 9.17) is 19.9 Å². The number of hydrogen-bond acceptors (Lipinski definition) is 4. The molecule has 8 heteroatoms. The molecule has 0 saturated carbocycles. The number of halogens is 3. The lowest BCUT2D eigenvalue weighted by Crippen LogP contribution is -2.11. The van der Waals surface area contributed by atoms with Gasteiger partial charge in [-0.25, -0.2) is 19.9 Å². The quantitative estimate of drug-likeness (QED) is 0.145. The standard InChI is InChI=1S/C65H44F3N5/c1-41-23-27-43(28-24-41)49-31-33-60-52(35-49)53-36-50(44-29-25-42(2)26-30-44)32-34-61(53)73(60)62-54(63-69-56(45-15-7-3-8-16-45)39-57(70-63)46-17-9-4-10-18-46)37-51(65(66,67)68)38-55(62)64-71-58(47-19-11-5-12-20-47)40-59(72-64)48-21-13-6-14-22-48/h3-40H,1-2H3. The third-order valence-corrected chi connectivity index (χ3v) is 13.4. The molecule has 12 aromatic rings. The highest BCUT2D eigenvalue weighted by atomic mass is 19.4. The van der Waals surface area contributed by atoms with Crippen LogP contribution >= 0.6 is 0 Å². The Bertz CT molecular complexity index is 3620. The number of benzene rings is 9. The molecule has 73 heavy (non-hydrogen) atoms. The number of rotatable bonds is 9. The molecule has 350 valence electrons. The molecule has 0 aliphatic rings. The van der Waals surface area contributed by atoms with E-state index in [0.29, 0.717) is 28.5 Å². The van der Waals surface area contributed by atoms with Crippen LogP contribution in [0.4, 0.5) is 13.2 Å². The summed E-state index contributed by atoms with van der Waals surface area (Å²) in [4.78, 5) is 20.8. The normalized spacial score (nSPS) is 11.6. The van der Waals surface area contributed by atoms with Gasteiger partial charge in [-0.3, -0.25) is 0 Å². The highest BCUT2D eigenvalue weighted by Crippen LogP contribution is 2.46. The molecule has 5 nitrogen and oxygen atoms in total. The molecule has 0 N–H and O–H groups in total. The first-order valence-corrected chi connectivity index (χ1v) is 24.1. The molecule has 0 spiro atoms. The van der Waals surface area contributed by atoms with Crippen molar-refractivity contribution in [2.45, 2.75) is 20.0 Å². The van der Waals surface area contributed by atoms with Gasteiger partial charge >= 0.3 is 6.18 Å². The van der Waals surface area contributed by atoms with Crippen molar-refractivity contribution in [3.8, 4) is 95.7 Å². The van der Waals surface area contributed by atoms with Gasteiger partial charge in [-0.2, -0.15) is 13.2 Å². The van der Waals surface area contributed by atoms with E-state index in [1.54, 1.807) is 0 Å². The Balaban J connectivity index is 1.25. The Morgan fingerprint density at radius 3 is 0.959 bits per heavy atom. The summed E-state index contributed by atoms with van der Waals surface area (Å²) in [6.07, 6.45) is -4.80. The first-order chi connectivity index (χ1) is 35.6. The molecule has 0 fully saturated rings. The maximum absolute atomic E-state index is 15.9. The van der Waals surface area contributed by atoms with E-state index in [1.165, 1.54) is 12.1 Å². The van der Waals surface area contributed by atoms with Gasteiger partial charge in [0, 0.05) is 44.2 Å². The average molecular weight is 952 g/mol. The summed E-state index contributed by atoms with van der Waals surface area (Å²) in [5.74, 6) is 0.209. The third-order valence-electron chi connectivity index (χ3n) is 13.4. The smallest absolute Gasteiger partial charge is 0.308 e. The zero-order valence-corrected chi connectivity index (χ0v) is 39.8. The molecule has 0 radical (unpaired) electrons. The van der Waals surface area contributed by atoms with E-state index in [0.717, 1.165) is 77.4 Å². The van der Waals surface area contributed by atoms with Crippen LogP contribution in [0.5, 0.6) is 0 Å². The van der Waals surface area contributed by atoms with Crippen molar-refractivity contribution in [3.63, 3.8) is 0 Å². The van der Waals surface area contributed by atoms with E-state index in [1.807, 2.05) is 133 Å². The molecule has 9 aromatic carbocycles. The fourth-order valence-corrected chi connectivity index (χ4v) is 9.66. The molecule has 0 unspecified atom stereocenters. The predicted octanol–water partition coefficient (Wildman–Crippen LogP) is 17.3. The maximum atomic E-state index is 15.9. The predicted molar refractivity (Wildman–Crippen MR) is 290 cm³/mol. The molecule has 3 heterocycles. The number of fused-ring (bicyclic) bond motifs is 3. The molecule has 0 aliphatic heterocycles. The number of hydrogen-bond donors (Lipinski definition) is 0. The van der Waals surface area contributed by atoms with Crippen LogP contribution in [0.2, 0.25) is 0 Å². The summed E-state index contributed by atoms with van der Waals surface area (Å²) in [6.45, 7) is 4.13. The summed E-state index contributed by atoms with van der Waals surface area (Å²) in [6, 6.07) is 74.2. The van der Waals surface area contributed by atoms with Crippen molar-refractivity contribution in [2.24, 2.45) is 0 Å². The second kappa shape index (κ2) is 18.5. The molecule has 0 atom stereocenters. The summed E-state index contributed by atoms with van der Waals surface area (Å²) < 4.78 is 49.8. The SMILES string of the molecule is Cc1ccc(-c2ccc3c(c2)c2cc(-c4ccc(C)cc4)ccc2n3-c2c(-c3nc(-c4ccccc4)cc(-c4ccccc4)n3)cc(C(F)(F)F)cc2-c2nc(-c3ccccc3)cc(-c3ccccc3)n2)cc1. The largest absolute Gasteiger partial charge is 0.416 e. The van der Waals surface area contributed by atoms with Crippen LogP contribution in [0.15, 0.2) is 231 Å². The molecular weight excluding hydrogens is 908 g/mol. The van der Waals surface area contributed by atoms with Gasteiger partial charge in [0.1, 0.15) is 0 Å². The minimum absolute atomic E-state index is 0.104. The molecule has 0 bridgehead atoms. The second-order valence-electron chi connectivity index (χ2n) is 18.3. The second-order valence-corrected chi connectivity index (χ2v) is 18.3. The number of alkyl halides is 3. The number of aromatic nitrogens is 5. The average Bonchev–Trinajstić information content (AvgIpc) is 3.76. The van der Waals surface area contributed by atoms with Gasteiger partial charge < -0.3 is 4.57 Å². The minimum atomic E-state index is -4.80. The van der Waals surface area contributed by atoms with Gasteiger partial charge in [-0.15, -0.1) is 0 Å². The van der Waals surface area contributed by atoms with E-state index < -0.39 is 11.7 Å². The van der Waals surface area contributed by atoms with Crippen LogP contribution in [0.1, 0.15) is 16.7 Å². The number of nitrogens with zero attached hydrogens (tertiary/aromatic N) is 5. The van der Waals surface area contributed by atoms with Crippen molar-refractivity contribution in [1.29, 1.82) is 0 Å². The summed E-state index contributed by atoms with van der Waals surface area (Å²) in [7, 11) is 0. The summed E-state index contributed by atoms with van der Waals surface area (Å²) in [5.41, 5.74) is 13.0. The molecule has 0 saturated heterocycles. The Kier molecular flexibility index (Phi) is 11.4. The van der Waals surface area contributed by atoms with Gasteiger partial charge in [0.2, 0.25) is 0 Å².